The molecule has 37 heavy (non-hydrogen) atoms. The quantitative estimate of drug-likeness (QED) is 0.312. The van der Waals surface area contributed by atoms with Crippen LogP contribution in [-0.4, -0.2) is 45.0 Å². The maximum Gasteiger partial charge on any atom is 0.321 e. The van der Waals surface area contributed by atoms with Gasteiger partial charge in [-0.05, 0) is 63.6 Å². The summed E-state index contributed by atoms with van der Waals surface area (Å²) in [6.07, 6.45) is 5.91. The molecule has 1 aromatic carbocycles. The Hall–Kier alpha value is -3.96. The van der Waals surface area contributed by atoms with E-state index in [9.17, 15) is 9.59 Å². The van der Waals surface area contributed by atoms with Crippen molar-refractivity contribution in [3.8, 4) is 22.4 Å². The first-order valence-electron chi connectivity index (χ1n) is 11.9. The maximum atomic E-state index is 12.1. The summed E-state index contributed by atoms with van der Waals surface area (Å²) in [6.45, 7) is 6.18. The molecule has 3 aromatic heterocycles. The van der Waals surface area contributed by atoms with Gasteiger partial charge in [-0.25, -0.2) is 19.7 Å². The van der Waals surface area contributed by atoms with Crippen molar-refractivity contribution in [1.29, 1.82) is 0 Å². The van der Waals surface area contributed by atoms with Gasteiger partial charge in [-0.3, -0.25) is 14.7 Å². The second-order valence-electron chi connectivity index (χ2n) is 8.84. The minimum Gasteiger partial charge on any atom is -0.451 e. The van der Waals surface area contributed by atoms with Crippen molar-refractivity contribution in [3.05, 3.63) is 54.7 Å². The fraction of sp³-hybridized carbons (Fsp3) is 0.308. The van der Waals surface area contributed by atoms with Crippen LogP contribution in [0.3, 0.4) is 0 Å². The van der Waals surface area contributed by atoms with Crippen molar-refractivity contribution in [2.24, 2.45) is 11.5 Å². The van der Waals surface area contributed by atoms with Crippen LogP contribution in [-0.2, 0) is 15.1 Å². The molecule has 0 spiro atoms. The minimum atomic E-state index is -0.991. The van der Waals surface area contributed by atoms with Gasteiger partial charge < -0.3 is 16.2 Å². The number of hydrogen-bond acceptors (Lipinski definition) is 9. The molecule has 3 heterocycles. The molecule has 0 atom stereocenters. The summed E-state index contributed by atoms with van der Waals surface area (Å²) in [5.74, 6) is 0.0457. The summed E-state index contributed by atoms with van der Waals surface area (Å²) >= 11 is 1.39. The lowest BCUT2D eigenvalue weighted by molar-refractivity contribution is -0.158. The number of benzene rings is 1. The molecule has 11 heteroatoms. The van der Waals surface area contributed by atoms with Gasteiger partial charge in [-0.15, -0.1) is 0 Å². The highest BCUT2D eigenvalue weighted by atomic mass is 32.1. The Kier molecular flexibility index (Phi) is 7.74. The third-order valence-electron chi connectivity index (χ3n) is 5.71. The largest absolute Gasteiger partial charge is 0.451 e. The van der Waals surface area contributed by atoms with Crippen molar-refractivity contribution in [2.45, 2.75) is 39.2 Å². The molecular formula is C26H29N7O3S. The topological polar surface area (TPSA) is 150 Å². The number of hydrogen-bond donors (Lipinski definition) is 2. The number of nitrogens with zero attached hydrogens (tertiary/aromatic N) is 5. The summed E-state index contributed by atoms with van der Waals surface area (Å²) < 4.78 is 6.47. The van der Waals surface area contributed by atoms with Crippen LogP contribution in [0, 0.1) is 0 Å². The second-order valence-corrected chi connectivity index (χ2v) is 9.82. The molecule has 2 amide bonds. The molecule has 0 aliphatic carbocycles. The first kappa shape index (κ1) is 26.1. The van der Waals surface area contributed by atoms with Crippen molar-refractivity contribution in [1.82, 2.24) is 19.9 Å². The SMILES string of the molecule is CCN(C(N)=O)c1nc2cc(-c3cnc(C(C)(C)OC(=O)CCCN)nc3)cc(-c3ccccn3)c2s1. The van der Waals surface area contributed by atoms with Crippen molar-refractivity contribution >= 4 is 38.7 Å². The van der Waals surface area contributed by atoms with Gasteiger partial charge in [-0.2, -0.15) is 0 Å². The van der Waals surface area contributed by atoms with Crippen LogP contribution in [0.5, 0.6) is 0 Å². The summed E-state index contributed by atoms with van der Waals surface area (Å²) in [6, 6.07) is 9.06. The smallest absolute Gasteiger partial charge is 0.321 e. The summed E-state index contributed by atoms with van der Waals surface area (Å²) in [7, 11) is 0. The molecule has 0 fully saturated rings. The first-order chi connectivity index (χ1) is 17.7. The van der Waals surface area contributed by atoms with Crippen LogP contribution < -0.4 is 16.4 Å². The Bertz CT molecular complexity index is 1410. The lowest BCUT2D eigenvalue weighted by atomic mass is 10.0. The number of esters is 1. The van der Waals surface area contributed by atoms with Gasteiger partial charge in [0, 0.05) is 42.7 Å². The van der Waals surface area contributed by atoms with Crippen LogP contribution >= 0.6 is 11.3 Å². The third-order valence-corrected chi connectivity index (χ3v) is 6.84. The molecule has 0 saturated carbocycles. The zero-order valence-corrected chi connectivity index (χ0v) is 21.8. The van der Waals surface area contributed by atoms with Gasteiger partial charge >= 0.3 is 12.0 Å². The monoisotopic (exact) mass is 519 g/mol. The van der Waals surface area contributed by atoms with Gasteiger partial charge in [0.1, 0.15) is 0 Å². The van der Waals surface area contributed by atoms with Crippen LogP contribution in [0.4, 0.5) is 9.93 Å². The molecule has 0 bridgehead atoms. The predicted octanol–water partition coefficient (Wildman–Crippen LogP) is 4.24. The number of thiazole rings is 1. The van der Waals surface area contributed by atoms with E-state index in [0.717, 1.165) is 27.1 Å². The van der Waals surface area contributed by atoms with E-state index >= 15 is 0 Å². The zero-order valence-electron chi connectivity index (χ0n) is 21.0. The molecule has 4 rings (SSSR count). The fourth-order valence-electron chi connectivity index (χ4n) is 3.82. The van der Waals surface area contributed by atoms with Gasteiger partial charge in [0.25, 0.3) is 0 Å². The van der Waals surface area contributed by atoms with Crippen LogP contribution in [0.15, 0.2) is 48.9 Å². The predicted molar refractivity (Wildman–Crippen MR) is 144 cm³/mol. The summed E-state index contributed by atoms with van der Waals surface area (Å²) in [5.41, 5.74) is 14.0. The van der Waals surface area contributed by atoms with E-state index in [0.29, 0.717) is 36.0 Å². The zero-order chi connectivity index (χ0) is 26.6. The van der Waals surface area contributed by atoms with E-state index in [1.807, 2.05) is 37.3 Å². The number of pyridine rings is 1. The lowest BCUT2D eigenvalue weighted by Crippen LogP contribution is -2.35. The number of primary amides is 1. The van der Waals surface area contributed by atoms with Crippen LogP contribution in [0.25, 0.3) is 32.6 Å². The number of ether oxygens (including phenoxy) is 1. The molecule has 4 aromatic rings. The number of urea groups is 1. The van der Waals surface area contributed by atoms with Crippen molar-refractivity contribution < 1.29 is 14.3 Å². The number of aromatic nitrogens is 4. The van der Waals surface area contributed by atoms with Crippen LogP contribution in [0.2, 0.25) is 0 Å². The Morgan fingerprint density at radius 2 is 1.86 bits per heavy atom. The van der Waals surface area contributed by atoms with E-state index in [4.69, 9.17) is 21.2 Å². The normalized spacial score (nSPS) is 11.5. The number of anilines is 1. The molecule has 0 radical (unpaired) electrons. The summed E-state index contributed by atoms with van der Waals surface area (Å²) in [4.78, 5) is 43.7. The molecule has 10 nitrogen and oxygen atoms in total. The Labute approximate surface area is 218 Å². The number of carbonyl (C=O) groups excluding carboxylic acids is 2. The highest BCUT2D eigenvalue weighted by Crippen LogP contribution is 2.39. The molecule has 0 aliphatic rings. The van der Waals surface area contributed by atoms with E-state index < -0.39 is 11.6 Å². The van der Waals surface area contributed by atoms with E-state index in [1.165, 1.54) is 16.2 Å². The van der Waals surface area contributed by atoms with Crippen molar-refractivity contribution in [2.75, 3.05) is 18.0 Å². The standard InChI is InChI=1S/C26H29N7O3S/c1-4-33(24(28)35)25-32-20-13-16(12-18(22(20)37-25)19-8-5-6-11-29-19)17-14-30-23(31-15-17)26(2,3)36-21(34)9-7-10-27/h5-6,8,11-15H,4,7,9-10,27H2,1-3H3,(H2,28,35). The third kappa shape index (κ3) is 5.73. The Morgan fingerprint density at radius 1 is 1.11 bits per heavy atom. The number of fused-ring (bicyclic) bond motifs is 1. The Morgan fingerprint density at radius 3 is 2.49 bits per heavy atom. The molecule has 0 aliphatic heterocycles. The van der Waals surface area contributed by atoms with Gasteiger partial charge in [0.2, 0.25) is 0 Å². The average Bonchev–Trinajstić information content (AvgIpc) is 3.31. The molecular weight excluding hydrogens is 490 g/mol. The van der Waals surface area contributed by atoms with Gasteiger partial charge in [0.15, 0.2) is 16.6 Å². The van der Waals surface area contributed by atoms with Gasteiger partial charge in [0.05, 0.1) is 15.9 Å². The lowest BCUT2D eigenvalue weighted by Gasteiger charge is -2.23. The second kappa shape index (κ2) is 11.0. The minimum absolute atomic E-state index is 0.245. The maximum absolute atomic E-state index is 12.1. The Balaban J connectivity index is 1.74. The highest BCUT2D eigenvalue weighted by Gasteiger charge is 2.28. The van der Waals surface area contributed by atoms with Crippen LogP contribution in [0.1, 0.15) is 39.4 Å². The van der Waals surface area contributed by atoms with Gasteiger partial charge in [-0.1, -0.05) is 17.4 Å². The van der Waals surface area contributed by atoms with E-state index in [2.05, 4.69) is 15.0 Å². The van der Waals surface area contributed by atoms with E-state index in [-0.39, 0.29) is 12.4 Å². The molecule has 0 saturated heterocycles. The molecule has 4 N–H and O–H groups in total. The first-order valence-corrected chi connectivity index (χ1v) is 12.7. The number of nitrogens with two attached hydrogens (primary N) is 2. The number of rotatable bonds is 9. The average molecular weight is 520 g/mol. The van der Waals surface area contributed by atoms with Crippen molar-refractivity contribution in [3.63, 3.8) is 0 Å². The molecule has 0 unspecified atom stereocenters. The summed E-state index contributed by atoms with van der Waals surface area (Å²) in [5, 5.41) is 0.518. The number of amides is 2. The van der Waals surface area contributed by atoms with E-state index in [1.54, 1.807) is 32.4 Å². The molecule has 192 valence electrons. The highest BCUT2D eigenvalue weighted by molar-refractivity contribution is 7.23. The number of carbonyl (C=O) groups is 2. The fourth-order valence-corrected chi connectivity index (χ4v) is 4.95.